The Morgan fingerprint density at radius 3 is 3.00 bits per heavy atom. The van der Waals surface area contributed by atoms with Gasteiger partial charge in [0, 0.05) is 10.5 Å². The first-order chi connectivity index (χ1) is 8.69. The van der Waals surface area contributed by atoms with E-state index in [1.54, 1.807) is 11.3 Å². The molecule has 2 nitrogen and oxygen atoms in total. The van der Waals surface area contributed by atoms with Gasteiger partial charge < -0.3 is 5.32 Å². The fourth-order valence-electron chi connectivity index (χ4n) is 1.95. The lowest BCUT2D eigenvalue weighted by Gasteiger charge is -2.11. The normalized spacial score (nSPS) is 12.8. The molecule has 0 radical (unpaired) electrons. The summed E-state index contributed by atoms with van der Waals surface area (Å²) in [4.78, 5) is 4.62. The van der Waals surface area contributed by atoms with Gasteiger partial charge in [-0.2, -0.15) is 0 Å². The lowest BCUT2D eigenvalue weighted by atomic mass is 10.1. The molecule has 4 heteroatoms. The quantitative estimate of drug-likeness (QED) is 0.715. The molecule has 18 heavy (non-hydrogen) atoms. The van der Waals surface area contributed by atoms with Crippen LogP contribution in [0.5, 0.6) is 0 Å². The van der Waals surface area contributed by atoms with E-state index in [0.29, 0.717) is 6.04 Å². The predicted octanol–water partition coefficient (Wildman–Crippen LogP) is 5.44. The summed E-state index contributed by atoms with van der Waals surface area (Å²) in [6.07, 6.45) is 5.11. The standard InChI is InChI=1S/C14H19BrN2S/c1-3-4-5-6-10(2)16-14-17-12-9-11(15)7-8-13(12)18-14/h7-10H,3-6H2,1-2H3,(H,16,17). The zero-order chi connectivity index (χ0) is 13.0. The van der Waals surface area contributed by atoms with Crippen LogP contribution in [-0.2, 0) is 0 Å². The molecule has 2 aromatic rings. The third-order valence-electron chi connectivity index (χ3n) is 2.96. The maximum absolute atomic E-state index is 4.62. The largest absolute Gasteiger partial charge is 0.359 e. The molecule has 0 bridgehead atoms. The fraction of sp³-hybridized carbons (Fsp3) is 0.500. The third-order valence-corrected chi connectivity index (χ3v) is 4.42. The van der Waals surface area contributed by atoms with Gasteiger partial charge in [0.2, 0.25) is 0 Å². The number of hydrogen-bond donors (Lipinski definition) is 1. The van der Waals surface area contributed by atoms with Gasteiger partial charge in [-0.3, -0.25) is 0 Å². The van der Waals surface area contributed by atoms with Crippen LogP contribution in [0.25, 0.3) is 10.2 Å². The van der Waals surface area contributed by atoms with Crippen LogP contribution >= 0.6 is 27.3 Å². The molecule has 98 valence electrons. The maximum Gasteiger partial charge on any atom is 0.183 e. The summed E-state index contributed by atoms with van der Waals surface area (Å²) in [6, 6.07) is 6.75. The van der Waals surface area contributed by atoms with E-state index in [0.717, 1.165) is 15.1 Å². The highest BCUT2D eigenvalue weighted by molar-refractivity contribution is 9.10. The van der Waals surface area contributed by atoms with E-state index in [4.69, 9.17) is 0 Å². The second kappa shape index (κ2) is 6.53. The smallest absolute Gasteiger partial charge is 0.183 e. The lowest BCUT2D eigenvalue weighted by molar-refractivity contribution is 0.615. The van der Waals surface area contributed by atoms with Gasteiger partial charge >= 0.3 is 0 Å². The van der Waals surface area contributed by atoms with E-state index < -0.39 is 0 Å². The van der Waals surface area contributed by atoms with Crippen molar-refractivity contribution in [1.82, 2.24) is 4.98 Å². The molecule has 2 rings (SSSR count). The van der Waals surface area contributed by atoms with E-state index >= 15 is 0 Å². The average Bonchev–Trinajstić information content (AvgIpc) is 2.70. The molecule has 0 aliphatic heterocycles. The molecule has 0 saturated carbocycles. The average molecular weight is 327 g/mol. The molecule has 0 amide bonds. The molecule has 1 aromatic carbocycles. The molecule has 1 heterocycles. The molecule has 1 N–H and O–H groups in total. The minimum absolute atomic E-state index is 0.501. The molecular formula is C14H19BrN2S. The number of halogens is 1. The fourth-order valence-corrected chi connectivity index (χ4v) is 3.25. The Morgan fingerprint density at radius 2 is 2.22 bits per heavy atom. The molecule has 0 aliphatic rings. The Hall–Kier alpha value is -0.610. The molecule has 1 atom stereocenters. The van der Waals surface area contributed by atoms with Crippen LogP contribution in [0.2, 0.25) is 0 Å². The summed E-state index contributed by atoms with van der Waals surface area (Å²) in [7, 11) is 0. The van der Waals surface area contributed by atoms with Crippen molar-refractivity contribution in [2.45, 2.75) is 45.6 Å². The number of anilines is 1. The number of fused-ring (bicyclic) bond motifs is 1. The molecule has 1 aromatic heterocycles. The molecule has 0 saturated heterocycles. The van der Waals surface area contributed by atoms with Crippen molar-refractivity contribution in [3.05, 3.63) is 22.7 Å². The van der Waals surface area contributed by atoms with Crippen molar-refractivity contribution in [2.75, 3.05) is 5.32 Å². The van der Waals surface area contributed by atoms with Crippen LogP contribution in [0, 0.1) is 0 Å². The highest BCUT2D eigenvalue weighted by atomic mass is 79.9. The molecule has 1 unspecified atom stereocenters. The van der Waals surface area contributed by atoms with E-state index in [9.17, 15) is 0 Å². The Labute approximate surface area is 121 Å². The van der Waals surface area contributed by atoms with Gasteiger partial charge in [0.25, 0.3) is 0 Å². The van der Waals surface area contributed by atoms with Crippen LogP contribution in [-0.4, -0.2) is 11.0 Å². The van der Waals surface area contributed by atoms with Crippen LogP contribution < -0.4 is 5.32 Å². The summed E-state index contributed by atoms with van der Waals surface area (Å²) >= 11 is 5.21. The van der Waals surface area contributed by atoms with Crippen molar-refractivity contribution >= 4 is 42.6 Å². The SMILES string of the molecule is CCCCCC(C)Nc1nc2cc(Br)ccc2s1. The third kappa shape index (κ3) is 3.69. The van der Waals surface area contributed by atoms with Gasteiger partial charge in [0.15, 0.2) is 5.13 Å². The van der Waals surface area contributed by atoms with E-state index in [1.807, 2.05) is 0 Å². The van der Waals surface area contributed by atoms with Crippen molar-refractivity contribution < 1.29 is 0 Å². The summed E-state index contributed by atoms with van der Waals surface area (Å²) < 4.78 is 2.32. The van der Waals surface area contributed by atoms with Gasteiger partial charge in [0.05, 0.1) is 10.2 Å². The van der Waals surface area contributed by atoms with Crippen LogP contribution in [0.1, 0.15) is 39.5 Å². The monoisotopic (exact) mass is 326 g/mol. The Morgan fingerprint density at radius 1 is 1.39 bits per heavy atom. The van der Waals surface area contributed by atoms with Crippen molar-refractivity contribution in [2.24, 2.45) is 0 Å². The summed E-state index contributed by atoms with van der Waals surface area (Å²) in [6.45, 7) is 4.47. The van der Waals surface area contributed by atoms with E-state index in [2.05, 4.69) is 58.3 Å². The predicted molar refractivity (Wildman–Crippen MR) is 84.5 cm³/mol. The number of rotatable bonds is 6. The van der Waals surface area contributed by atoms with Gasteiger partial charge in [-0.25, -0.2) is 4.98 Å². The Bertz CT molecular complexity index is 509. The van der Waals surface area contributed by atoms with Crippen LogP contribution in [0.3, 0.4) is 0 Å². The number of benzene rings is 1. The first kappa shape index (κ1) is 13.8. The summed E-state index contributed by atoms with van der Waals surface area (Å²) in [5.74, 6) is 0. The van der Waals surface area contributed by atoms with Crippen molar-refractivity contribution in [3.63, 3.8) is 0 Å². The maximum atomic E-state index is 4.62. The van der Waals surface area contributed by atoms with E-state index in [-0.39, 0.29) is 0 Å². The molecular weight excluding hydrogens is 308 g/mol. The highest BCUT2D eigenvalue weighted by Gasteiger charge is 2.07. The minimum Gasteiger partial charge on any atom is -0.359 e. The highest BCUT2D eigenvalue weighted by Crippen LogP contribution is 2.28. The summed E-state index contributed by atoms with van der Waals surface area (Å²) in [5.41, 5.74) is 1.07. The Kier molecular flexibility index (Phi) is 5.01. The second-order valence-electron chi connectivity index (χ2n) is 4.67. The molecule has 0 aliphatic carbocycles. The number of aromatic nitrogens is 1. The summed E-state index contributed by atoms with van der Waals surface area (Å²) in [5, 5.41) is 4.54. The lowest BCUT2D eigenvalue weighted by Crippen LogP contribution is -2.14. The zero-order valence-corrected chi connectivity index (χ0v) is 13.3. The first-order valence-electron chi connectivity index (χ1n) is 6.51. The zero-order valence-electron chi connectivity index (χ0n) is 10.9. The Balaban J connectivity index is 1.98. The number of nitrogens with one attached hydrogen (secondary N) is 1. The van der Waals surface area contributed by atoms with Gasteiger partial charge in [-0.05, 0) is 31.5 Å². The molecule has 0 spiro atoms. The second-order valence-corrected chi connectivity index (χ2v) is 6.62. The van der Waals surface area contributed by atoms with Gasteiger partial charge in [0.1, 0.15) is 0 Å². The number of nitrogens with zero attached hydrogens (tertiary/aromatic N) is 1. The first-order valence-corrected chi connectivity index (χ1v) is 8.12. The van der Waals surface area contributed by atoms with Crippen molar-refractivity contribution in [1.29, 1.82) is 0 Å². The number of unbranched alkanes of at least 4 members (excludes halogenated alkanes) is 2. The minimum atomic E-state index is 0.501. The number of hydrogen-bond acceptors (Lipinski definition) is 3. The van der Waals surface area contributed by atoms with Gasteiger partial charge in [-0.1, -0.05) is 53.5 Å². The van der Waals surface area contributed by atoms with Crippen molar-refractivity contribution in [3.8, 4) is 0 Å². The van der Waals surface area contributed by atoms with Gasteiger partial charge in [-0.15, -0.1) is 0 Å². The van der Waals surface area contributed by atoms with E-state index in [1.165, 1.54) is 30.4 Å². The van der Waals surface area contributed by atoms with Crippen LogP contribution in [0.4, 0.5) is 5.13 Å². The van der Waals surface area contributed by atoms with Crippen LogP contribution in [0.15, 0.2) is 22.7 Å². The molecule has 0 fully saturated rings. The topological polar surface area (TPSA) is 24.9 Å². The number of thiazole rings is 1.